The van der Waals surface area contributed by atoms with Gasteiger partial charge in [-0.25, -0.2) is 9.78 Å². The zero-order chi connectivity index (χ0) is 23.7. The Labute approximate surface area is 198 Å². The molecule has 174 valence electrons. The molecule has 1 aliphatic rings. The van der Waals surface area contributed by atoms with Crippen LogP contribution in [0.2, 0.25) is 0 Å². The van der Waals surface area contributed by atoms with Crippen molar-refractivity contribution < 1.29 is 14.3 Å². The van der Waals surface area contributed by atoms with Gasteiger partial charge in [0.2, 0.25) is 5.91 Å². The monoisotopic (exact) mass is 456 g/mol. The average molecular weight is 457 g/mol. The molecule has 0 unspecified atom stereocenters. The van der Waals surface area contributed by atoms with E-state index in [1.54, 1.807) is 12.3 Å². The third kappa shape index (κ3) is 4.33. The summed E-state index contributed by atoms with van der Waals surface area (Å²) in [6, 6.07) is 18.0. The number of para-hydroxylation sites is 1. The number of carbonyl (C=O) groups excluding carboxylic acids is 2. The number of hydrogen-bond donors (Lipinski definition) is 1. The van der Waals surface area contributed by atoms with Gasteiger partial charge < -0.3 is 19.5 Å². The lowest BCUT2D eigenvalue weighted by atomic mass is 10.0. The fourth-order valence-electron chi connectivity index (χ4n) is 4.59. The zero-order valence-electron chi connectivity index (χ0n) is 19.5. The van der Waals surface area contributed by atoms with Crippen LogP contribution in [0, 0.1) is 0 Å². The molecular weight excluding hydrogens is 428 g/mol. The van der Waals surface area contributed by atoms with Gasteiger partial charge >= 0.3 is 5.97 Å². The standard InChI is InChI=1S/C27H28N4O3/c1-18(2)34-27(33)23-16-21-24(17-28-23)29-22-10-6-7-19(26(21)22)15-25(32)31-13-11-30(12-14-31)20-8-4-3-5-9-20/h3-10,16-18,29H,11-15H2,1-2H3. The first-order valence-corrected chi connectivity index (χ1v) is 11.7. The molecule has 4 aromatic rings. The molecule has 5 rings (SSSR count). The van der Waals surface area contributed by atoms with Gasteiger partial charge in [-0.3, -0.25) is 4.79 Å². The smallest absolute Gasteiger partial charge is 0.357 e. The Hall–Kier alpha value is -3.87. The van der Waals surface area contributed by atoms with E-state index in [1.807, 2.05) is 55.1 Å². The first-order valence-electron chi connectivity index (χ1n) is 11.7. The highest BCUT2D eigenvalue weighted by Gasteiger charge is 2.23. The number of aromatic amines is 1. The van der Waals surface area contributed by atoms with E-state index in [2.05, 4.69) is 27.0 Å². The molecule has 1 amide bonds. The van der Waals surface area contributed by atoms with Gasteiger partial charge in [0.25, 0.3) is 0 Å². The Morgan fingerprint density at radius 3 is 2.50 bits per heavy atom. The van der Waals surface area contributed by atoms with Gasteiger partial charge in [-0.1, -0.05) is 30.3 Å². The lowest BCUT2D eigenvalue weighted by Crippen LogP contribution is -2.49. The van der Waals surface area contributed by atoms with Crippen LogP contribution in [-0.2, 0) is 16.0 Å². The summed E-state index contributed by atoms with van der Waals surface area (Å²) in [4.78, 5) is 37.5. The Morgan fingerprint density at radius 1 is 1.00 bits per heavy atom. The first-order chi connectivity index (χ1) is 16.5. The second kappa shape index (κ2) is 9.17. The summed E-state index contributed by atoms with van der Waals surface area (Å²) in [7, 11) is 0. The number of rotatable bonds is 5. The summed E-state index contributed by atoms with van der Waals surface area (Å²) >= 11 is 0. The molecular formula is C27H28N4O3. The van der Waals surface area contributed by atoms with Crippen molar-refractivity contribution in [2.24, 2.45) is 0 Å². The van der Waals surface area contributed by atoms with Crippen LogP contribution < -0.4 is 4.90 Å². The number of pyridine rings is 1. The molecule has 0 bridgehead atoms. The minimum absolute atomic E-state index is 0.114. The molecule has 34 heavy (non-hydrogen) atoms. The number of benzene rings is 2. The van der Waals surface area contributed by atoms with Gasteiger partial charge in [0.15, 0.2) is 0 Å². The van der Waals surface area contributed by atoms with Crippen molar-refractivity contribution in [1.82, 2.24) is 14.9 Å². The van der Waals surface area contributed by atoms with E-state index in [-0.39, 0.29) is 17.7 Å². The predicted octanol–water partition coefficient (Wildman–Crippen LogP) is 4.17. The van der Waals surface area contributed by atoms with Crippen molar-refractivity contribution in [3.63, 3.8) is 0 Å². The van der Waals surface area contributed by atoms with Gasteiger partial charge in [0.1, 0.15) is 5.69 Å². The van der Waals surface area contributed by atoms with Crippen molar-refractivity contribution in [2.75, 3.05) is 31.1 Å². The highest BCUT2D eigenvalue weighted by atomic mass is 16.5. The molecule has 2 aromatic heterocycles. The number of esters is 1. The second-order valence-electron chi connectivity index (χ2n) is 8.91. The summed E-state index contributed by atoms with van der Waals surface area (Å²) in [6.45, 7) is 6.66. The number of nitrogens with one attached hydrogen (secondary N) is 1. The van der Waals surface area contributed by atoms with E-state index >= 15 is 0 Å². The number of fused-ring (bicyclic) bond motifs is 3. The van der Waals surface area contributed by atoms with Crippen molar-refractivity contribution >= 4 is 39.4 Å². The van der Waals surface area contributed by atoms with Crippen molar-refractivity contribution in [3.8, 4) is 0 Å². The SMILES string of the molecule is CC(C)OC(=O)c1cc2c(cn1)[nH]c1cccc(CC(=O)N3CCN(c4ccccc4)CC3)c12. The van der Waals surface area contributed by atoms with Gasteiger partial charge in [-0.15, -0.1) is 0 Å². The van der Waals surface area contributed by atoms with Crippen molar-refractivity contribution in [3.05, 3.63) is 72.1 Å². The van der Waals surface area contributed by atoms with Crippen LogP contribution in [0.25, 0.3) is 21.8 Å². The van der Waals surface area contributed by atoms with E-state index in [0.717, 1.165) is 40.5 Å². The van der Waals surface area contributed by atoms with Crippen LogP contribution >= 0.6 is 0 Å². The van der Waals surface area contributed by atoms with Crippen molar-refractivity contribution in [2.45, 2.75) is 26.4 Å². The largest absolute Gasteiger partial charge is 0.458 e. The molecule has 0 saturated carbocycles. The van der Waals surface area contributed by atoms with Crippen LogP contribution in [0.5, 0.6) is 0 Å². The number of piperazine rings is 1. The van der Waals surface area contributed by atoms with Crippen LogP contribution in [0.3, 0.4) is 0 Å². The number of hydrogen-bond acceptors (Lipinski definition) is 5. The quantitative estimate of drug-likeness (QED) is 0.456. The minimum Gasteiger partial charge on any atom is -0.458 e. The highest BCUT2D eigenvalue weighted by Crippen LogP contribution is 2.29. The van der Waals surface area contributed by atoms with Crippen LogP contribution in [0.4, 0.5) is 5.69 Å². The average Bonchev–Trinajstić information content (AvgIpc) is 3.23. The maximum atomic E-state index is 13.2. The number of ether oxygens (including phenoxy) is 1. The normalized spacial score (nSPS) is 14.2. The zero-order valence-corrected chi connectivity index (χ0v) is 19.5. The number of H-pyrrole nitrogens is 1. The molecule has 1 saturated heterocycles. The molecule has 0 radical (unpaired) electrons. The lowest BCUT2D eigenvalue weighted by Gasteiger charge is -2.36. The number of amides is 1. The van der Waals surface area contributed by atoms with Crippen LogP contribution in [0.15, 0.2) is 60.8 Å². The summed E-state index contributed by atoms with van der Waals surface area (Å²) in [5, 5.41) is 1.83. The Kier molecular flexibility index (Phi) is 5.92. The topological polar surface area (TPSA) is 78.5 Å². The third-order valence-corrected chi connectivity index (χ3v) is 6.24. The van der Waals surface area contributed by atoms with Crippen LogP contribution in [-0.4, -0.2) is 59.0 Å². The fraction of sp³-hybridized carbons (Fsp3) is 0.296. The second-order valence-corrected chi connectivity index (χ2v) is 8.91. The van der Waals surface area contributed by atoms with E-state index in [1.165, 1.54) is 5.69 Å². The van der Waals surface area contributed by atoms with Gasteiger partial charge in [-0.2, -0.15) is 0 Å². The van der Waals surface area contributed by atoms with E-state index in [0.29, 0.717) is 19.5 Å². The molecule has 0 spiro atoms. The van der Waals surface area contributed by atoms with E-state index < -0.39 is 5.97 Å². The lowest BCUT2D eigenvalue weighted by molar-refractivity contribution is -0.130. The molecule has 1 aliphatic heterocycles. The van der Waals surface area contributed by atoms with Gasteiger partial charge in [0, 0.05) is 48.2 Å². The molecule has 3 heterocycles. The Bertz CT molecular complexity index is 1340. The molecule has 1 N–H and O–H groups in total. The number of carbonyl (C=O) groups is 2. The third-order valence-electron chi connectivity index (χ3n) is 6.24. The number of aromatic nitrogens is 2. The summed E-state index contributed by atoms with van der Waals surface area (Å²) in [5.74, 6) is -0.334. The Balaban J connectivity index is 1.37. The maximum Gasteiger partial charge on any atom is 0.357 e. The summed E-state index contributed by atoms with van der Waals surface area (Å²) in [6.07, 6.45) is 1.74. The van der Waals surface area contributed by atoms with E-state index in [9.17, 15) is 9.59 Å². The molecule has 7 nitrogen and oxygen atoms in total. The van der Waals surface area contributed by atoms with Gasteiger partial charge in [-0.05, 0) is 43.7 Å². The molecule has 0 aliphatic carbocycles. The Morgan fingerprint density at radius 2 is 1.76 bits per heavy atom. The molecule has 1 fully saturated rings. The summed E-state index contributed by atoms with van der Waals surface area (Å²) < 4.78 is 5.31. The summed E-state index contributed by atoms with van der Waals surface area (Å²) in [5.41, 5.74) is 4.14. The number of nitrogens with zero attached hydrogens (tertiary/aromatic N) is 3. The maximum absolute atomic E-state index is 13.2. The van der Waals surface area contributed by atoms with Crippen LogP contribution in [0.1, 0.15) is 29.9 Å². The first kappa shape index (κ1) is 21.9. The van der Waals surface area contributed by atoms with Gasteiger partial charge in [0.05, 0.1) is 24.2 Å². The molecule has 7 heteroatoms. The number of anilines is 1. The predicted molar refractivity (Wildman–Crippen MR) is 133 cm³/mol. The molecule has 2 aromatic carbocycles. The minimum atomic E-state index is -0.448. The fourth-order valence-corrected chi connectivity index (χ4v) is 4.59. The molecule has 0 atom stereocenters. The van der Waals surface area contributed by atoms with Crippen molar-refractivity contribution in [1.29, 1.82) is 0 Å². The highest BCUT2D eigenvalue weighted by molar-refractivity contribution is 6.11. The van der Waals surface area contributed by atoms with E-state index in [4.69, 9.17) is 4.74 Å².